The third-order valence-electron chi connectivity index (χ3n) is 2.85. The lowest BCUT2D eigenvalue weighted by Crippen LogP contribution is -1.94. The van der Waals surface area contributed by atoms with Gasteiger partial charge >= 0.3 is 0 Å². The highest BCUT2D eigenvalue weighted by molar-refractivity contribution is 5.75. The van der Waals surface area contributed by atoms with Gasteiger partial charge in [0.05, 0.1) is 0 Å². The van der Waals surface area contributed by atoms with Crippen LogP contribution in [0, 0.1) is 0 Å². The zero-order chi connectivity index (χ0) is 12.8. The summed E-state index contributed by atoms with van der Waals surface area (Å²) in [5, 5.41) is 3.03. The highest BCUT2D eigenvalue weighted by Crippen LogP contribution is 2.22. The molecule has 2 aromatic rings. The predicted octanol–water partition coefficient (Wildman–Crippen LogP) is 4.10. The molecule has 0 aliphatic rings. The molecule has 1 N–H and O–H groups in total. The molecule has 0 radical (unpaired) electrons. The Hall–Kier alpha value is -2.28. The molecule has 0 fully saturated rings. The fourth-order valence-corrected chi connectivity index (χ4v) is 1.90. The molecule has 0 amide bonds. The van der Waals surface area contributed by atoms with Crippen molar-refractivity contribution in [3.8, 4) is 11.1 Å². The van der Waals surface area contributed by atoms with Crippen molar-refractivity contribution in [1.29, 1.82) is 0 Å². The summed E-state index contributed by atoms with van der Waals surface area (Å²) in [6.45, 7) is 3.83. The fraction of sp³-hybridized carbons (Fsp3) is 0.0588. The Labute approximate surface area is 108 Å². The van der Waals surface area contributed by atoms with Crippen LogP contribution in [0.5, 0.6) is 0 Å². The maximum Gasteiger partial charge on any atom is 0.00410 e. The Kier molecular flexibility index (Phi) is 3.98. The largest absolute Gasteiger partial charge is 0.393 e. The van der Waals surface area contributed by atoms with Crippen LogP contribution in [-0.2, 0) is 0 Å². The summed E-state index contributed by atoms with van der Waals surface area (Å²) in [7, 11) is 1.89. The van der Waals surface area contributed by atoms with Gasteiger partial charge in [-0.15, -0.1) is 0 Å². The Bertz CT molecular complexity index is 536. The predicted molar refractivity (Wildman–Crippen MR) is 79.1 cm³/mol. The average molecular weight is 235 g/mol. The number of hydrogen-bond donors (Lipinski definition) is 1. The zero-order valence-corrected chi connectivity index (χ0v) is 10.6. The second-order valence-corrected chi connectivity index (χ2v) is 4.04. The number of benzene rings is 2. The molecule has 0 bridgehead atoms. The molecule has 1 heteroatoms. The molecule has 0 unspecified atom stereocenters. The van der Waals surface area contributed by atoms with Crippen molar-refractivity contribution in [2.75, 3.05) is 7.05 Å². The maximum atomic E-state index is 3.83. The number of hydrogen-bond acceptors (Lipinski definition) is 1. The molecule has 18 heavy (non-hydrogen) atoms. The highest BCUT2D eigenvalue weighted by Gasteiger charge is 1.99. The Morgan fingerprint density at radius 2 is 1.56 bits per heavy atom. The van der Waals surface area contributed by atoms with Gasteiger partial charge in [-0.3, -0.25) is 0 Å². The summed E-state index contributed by atoms with van der Waals surface area (Å²) < 4.78 is 0. The van der Waals surface area contributed by atoms with Crippen molar-refractivity contribution in [2.45, 2.75) is 0 Å². The standard InChI is InChI=1S/C17H17N/c1-3-14(13-18-2)16-9-11-17(12-10-16)15-7-5-4-6-8-15/h3-13,18H,1H2,2H3/b14-13+. The molecule has 0 aliphatic carbocycles. The van der Waals surface area contributed by atoms with Crippen LogP contribution in [0.1, 0.15) is 5.56 Å². The minimum Gasteiger partial charge on any atom is -0.393 e. The van der Waals surface area contributed by atoms with Crippen LogP contribution in [0.15, 0.2) is 73.5 Å². The smallest absolute Gasteiger partial charge is 0.00410 e. The molecule has 1 nitrogen and oxygen atoms in total. The van der Waals surface area contributed by atoms with E-state index < -0.39 is 0 Å². The van der Waals surface area contributed by atoms with Gasteiger partial charge in [0.2, 0.25) is 0 Å². The first-order valence-electron chi connectivity index (χ1n) is 6.01. The van der Waals surface area contributed by atoms with Gasteiger partial charge in [-0.05, 0) is 22.3 Å². The molecule has 0 heterocycles. The van der Waals surface area contributed by atoms with E-state index in [9.17, 15) is 0 Å². The summed E-state index contributed by atoms with van der Waals surface area (Å²) in [6.07, 6.45) is 3.80. The number of allylic oxidation sites excluding steroid dienone is 2. The van der Waals surface area contributed by atoms with E-state index in [0.717, 1.165) is 5.57 Å². The van der Waals surface area contributed by atoms with E-state index in [1.807, 2.05) is 25.4 Å². The van der Waals surface area contributed by atoms with Gasteiger partial charge in [-0.25, -0.2) is 0 Å². The molecule has 0 aliphatic heterocycles. The van der Waals surface area contributed by atoms with E-state index >= 15 is 0 Å². The second kappa shape index (κ2) is 5.87. The van der Waals surface area contributed by atoms with Crippen molar-refractivity contribution in [2.24, 2.45) is 0 Å². The Balaban J connectivity index is 2.31. The first-order valence-corrected chi connectivity index (χ1v) is 6.01. The van der Waals surface area contributed by atoms with Crippen molar-refractivity contribution in [3.05, 3.63) is 79.0 Å². The molecule has 0 spiro atoms. The van der Waals surface area contributed by atoms with Crippen LogP contribution in [0.2, 0.25) is 0 Å². The van der Waals surface area contributed by atoms with Crippen LogP contribution >= 0.6 is 0 Å². The number of rotatable bonds is 4. The number of nitrogens with one attached hydrogen (secondary N) is 1. The minimum atomic E-state index is 1.09. The quantitative estimate of drug-likeness (QED) is 0.787. The molecular formula is C17H17N. The Morgan fingerprint density at radius 1 is 0.944 bits per heavy atom. The minimum absolute atomic E-state index is 1.09. The molecular weight excluding hydrogens is 218 g/mol. The van der Waals surface area contributed by atoms with E-state index in [4.69, 9.17) is 0 Å². The van der Waals surface area contributed by atoms with E-state index in [1.54, 1.807) is 0 Å². The van der Waals surface area contributed by atoms with Crippen molar-refractivity contribution in [3.63, 3.8) is 0 Å². The third-order valence-corrected chi connectivity index (χ3v) is 2.85. The van der Waals surface area contributed by atoms with Gasteiger partial charge in [0.15, 0.2) is 0 Å². The molecule has 0 saturated carbocycles. The summed E-state index contributed by atoms with van der Waals surface area (Å²) in [5.41, 5.74) is 4.73. The topological polar surface area (TPSA) is 12.0 Å². The van der Waals surface area contributed by atoms with E-state index in [1.165, 1.54) is 16.7 Å². The molecule has 90 valence electrons. The average Bonchev–Trinajstić information content (AvgIpc) is 2.46. The van der Waals surface area contributed by atoms with Crippen LogP contribution < -0.4 is 5.32 Å². The first-order chi connectivity index (χ1) is 8.85. The van der Waals surface area contributed by atoms with Crippen molar-refractivity contribution in [1.82, 2.24) is 5.32 Å². The van der Waals surface area contributed by atoms with Gasteiger partial charge in [0, 0.05) is 13.2 Å². The van der Waals surface area contributed by atoms with Gasteiger partial charge in [0.25, 0.3) is 0 Å². The first kappa shape index (κ1) is 12.2. The molecule has 2 aromatic carbocycles. The highest BCUT2D eigenvalue weighted by atomic mass is 14.8. The fourth-order valence-electron chi connectivity index (χ4n) is 1.90. The lowest BCUT2D eigenvalue weighted by molar-refractivity contribution is 1.11. The SMILES string of the molecule is C=C/C(=C\NC)c1ccc(-c2ccccc2)cc1. The molecule has 2 rings (SSSR count). The summed E-state index contributed by atoms with van der Waals surface area (Å²) in [5.74, 6) is 0. The second-order valence-electron chi connectivity index (χ2n) is 4.04. The van der Waals surface area contributed by atoms with E-state index in [0.29, 0.717) is 0 Å². The molecule has 0 aromatic heterocycles. The van der Waals surface area contributed by atoms with Gasteiger partial charge in [0.1, 0.15) is 0 Å². The summed E-state index contributed by atoms with van der Waals surface area (Å²) in [6, 6.07) is 18.9. The lowest BCUT2D eigenvalue weighted by Gasteiger charge is -2.05. The normalized spacial score (nSPS) is 11.1. The van der Waals surface area contributed by atoms with Crippen LogP contribution in [0.4, 0.5) is 0 Å². The van der Waals surface area contributed by atoms with Gasteiger partial charge in [-0.2, -0.15) is 0 Å². The van der Waals surface area contributed by atoms with Gasteiger partial charge in [-0.1, -0.05) is 67.3 Å². The van der Waals surface area contributed by atoms with Crippen molar-refractivity contribution < 1.29 is 0 Å². The van der Waals surface area contributed by atoms with E-state index in [-0.39, 0.29) is 0 Å². The monoisotopic (exact) mass is 235 g/mol. The molecule has 0 atom stereocenters. The van der Waals surface area contributed by atoms with Crippen LogP contribution in [0.3, 0.4) is 0 Å². The molecule has 0 saturated heterocycles. The van der Waals surface area contributed by atoms with Gasteiger partial charge < -0.3 is 5.32 Å². The summed E-state index contributed by atoms with van der Waals surface area (Å²) >= 11 is 0. The lowest BCUT2D eigenvalue weighted by atomic mass is 10.0. The third kappa shape index (κ3) is 2.69. The van der Waals surface area contributed by atoms with Crippen molar-refractivity contribution >= 4 is 5.57 Å². The zero-order valence-electron chi connectivity index (χ0n) is 10.6. The Morgan fingerprint density at radius 3 is 2.11 bits per heavy atom. The van der Waals surface area contributed by atoms with Crippen LogP contribution in [-0.4, -0.2) is 7.05 Å². The van der Waals surface area contributed by atoms with Crippen LogP contribution in [0.25, 0.3) is 16.7 Å². The maximum absolute atomic E-state index is 3.83. The summed E-state index contributed by atoms with van der Waals surface area (Å²) in [4.78, 5) is 0. The van der Waals surface area contributed by atoms with E-state index in [2.05, 4.69) is 60.4 Å².